The molecule has 0 saturated heterocycles. The highest BCUT2D eigenvalue weighted by Gasteiger charge is 2.18. The van der Waals surface area contributed by atoms with Gasteiger partial charge >= 0.3 is 0 Å². The monoisotopic (exact) mass is 382 g/mol. The number of amides is 2. The van der Waals surface area contributed by atoms with E-state index in [0.717, 1.165) is 5.56 Å². The molecule has 0 aliphatic heterocycles. The van der Waals surface area contributed by atoms with Crippen LogP contribution in [0.15, 0.2) is 42.5 Å². The quantitative estimate of drug-likeness (QED) is 0.824. The number of anilines is 1. The van der Waals surface area contributed by atoms with Crippen molar-refractivity contribution in [2.24, 2.45) is 0 Å². The van der Waals surface area contributed by atoms with Crippen LogP contribution >= 0.6 is 23.2 Å². The minimum Gasteiger partial charge on any atom is -0.354 e. The van der Waals surface area contributed by atoms with Gasteiger partial charge in [0, 0.05) is 18.5 Å². The van der Waals surface area contributed by atoms with E-state index in [1.807, 2.05) is 0 Å². The van der Waals surface area contributed by atoms with Crippen molar-refractivity contribution in [2.75, 3.05) is 18.0 Å². The van der Waals surface area contributed by atoms with Crippen LogP contribution < -0.4 is 10.2 Å². The standard InChI is InChI=1S/C18H17Cl2FN2O2/c1-12(24)23(17-10-14(19)4-7-16(17)20)11-18(25)22-9-8-13-2-5-15(21)6-3-13/h2-7,10H,8-9,11H2,1H3,(H,22,25). The molecule has 0 saturated carbocycles. The van der Waals surface area contributed by atoms with Gasteiger partial charge in [-0.3, -0.25) is 9.59 Å². The Hall–Kier alpha value is -2.11. The number of hydrogen-bond donors (Lipinski definition) is 1. The molecule has 7 heteroatoms. The van der Waals surface area contributed by atoms with Crippen molar-refractivity contribution in [3.63, 3.8) is 0 Å². The maximum Gasteiger partial charge on any atom is 0.240 e. The van der Waals surface area contributed by atoms with Crippen LogP contribution in [0.2, 0.25) is 10.0 Å². The van der Waals surface area contributed by atoms with Crippen LogP contribution in [0, 0.1) is 5.82 Å². The molecule has 0 heterocycles. The predicted octanol–water partition coefficient (Wildman–Crippen LogP) is 3.84. The topological polar surface area (TPSA) is 49.4 Å². The third-order valence-electron chi connectivity index (χ3n) is 3.53. The van der Waals surface area contributed by atoms with Gasteiger partial charge in [-0.25, -0.2) is 4.39 Å². The zero-order valence-electron chi connectivity index (χ0n) is 13.6. The maximum atomic E-state index is 12.9. The Kier molecular flexibility index (Phi) is 6.79. The van der Waals surface area contributed by atoms with Crippen molar-refractivity contribution in [3.05, 3.63) is 63.9 Å². The first-order valence-corrected chi connectivity index (χ1v) is 8.36. The Balaban J connectivity index is 1.95. The Morgan fingerprint density at radius 3 is 2.44 bits per heavy atom. The zero-order valence-corrected chi connectivity index (χ0v) is 15.1. The lowest BCUT2D eigenvalue weighted by Gasteiger charge is -2.22. The number of carbonyl (C=O) groups is 2. The lowest BCUT2D eigenvalue weighted by Crippen LogP contribution is -2.40. The molecule has 0 unspecified atom stereocenters. The van der Waals surface area contributed by atoms with Gasteiger partial charge in [0.1, 0.15) is 12.4 Å². The lowest BCUT2D eigenvalue weighted by molar-refractivity contribution is -0.123. The Morgan fingerprint density at radius 2 is 1.80 bits per heavy atom. The first-order valence-electron chi connectivity index (χ1n) is 7.61. The average molecular weight is 383 g/mol. The minimum atomic E-state index is -0.326. The van der Waals surface area contributed by atoms with Gasteiger partial charge in [0.15, 0.2) is 0 Å². The van der Waals surface area contributed by atoms with Gasteiger partial charge < -0.3 is 10.2 Å². The summed E-state index contributed by atoms with van der Waals surface area (Å²) in [4.78, 5) is 25.3. The van der Waals surface area contributed by atoms with Crippen molar-refractivity contribution in [1.29, 1.82) is 0 Å². The number of nitrogens with zero attached hydrogens (tertiary/aromatic N) is 1. The van der Waals surface area contributed by atoms with E-state index >= 15 is 0 Å². The smallest absolute Gasteiger partial charge is 0.240 e. The Labute approximate surface area is 155 Å². The average Bonchev–Trinajstić information content (AvgIpc) is 2.56. The molecule has 0 bridgehead atoms. The highest BCUT2D eigenvalue weighted by Crippen LogP contribution is 2.29. The van der Waals surface area contributed by atoms with E-state index < -0.39 is 0 Å². The number of nitrogens with one attached hydrogen (secondary N) is 1. The van der Waals surface area contributed by atoms with E-state index in [1.54, 1.807) is 24.3 Å². The van der Waals surface area contributed by atoms with Crippen LogP contribution in [0.25, 0.3) is 0 Å². The van der Waals surface area contributed by atoms with E-state index in [4.69, 9.17) is 23.2 Å². The predicted molar refractivity (Wildman–Crippen MR) is 97.6 cm³/mol. The van der Waals surface area contributed by atoms with E-state index in [-0.39, 0.29) is 24.2 Å². The van der Waals surface area contributed by atoms with E-state index in [1.165, 1.54) is 30.0 Å². The van der Waals surface area contributed by atoms with Crippen molar-refractivity contribution in [3.8, 4) is 0 Å². The van der Waals surface area contributed by atoms with Crippen LogP contribution in [0.1, 0.15) is 12.5 Å². The number of hydrogen-bond acceptors (Lipinski definition) is 2. The van der Waals surface area contributed by atoms with Crippen LogP contribution in [0.5, 0.6) is 0 Å². The van der Waals surface area contributed by atoms with Crippen molar-refractivity contribution in [1.82, 2.24) is 5.32 Å². The molecular weight excluding hydrogens is 366 g/mol. The zero-order chi connectivity index (χ0) is 18.4. The van der Waals surface area contributed by atoms with E-state index in [9.17, 15) is 14.0 Å². The largest absolute Gasteiger partial charge is 0.354 e. The fourth-order valence-electron chi connectivity index (χ4n) is 2.26. The SMILES string of the molecule is CC(=O)N(CC(=O)NCCc1ccc(F)cc1)c1cc(Cl)ccc1Cl. The van der Waals surface area contributed by atoms with Crippen LogP contribution in [-0.2, 0) is 16.0 Å². The van der Waals surface area contributed by atoms with Gasteiger partial charge in [-0.05, 0) is 42.3 Å². The highest BCUT2D eigenvalue weighted by molar-refractivity contribution is 6.35. The molecule has 0 aliphatic rings. The summed E-state index contributed by atoms with van der Waals surface area (Å²) in [7, 11) is 0. The van der Waals surface area contributed by atoms with Gasteiger partial charge in [0.05, 0.1) is 10.7 Å². The summed E-state index contributed by atoms with van der Waals surface area (Å²) < 4.78 is 12.9. The second kappa shape index (κ2) is 8.83. The molecular formula is C18H17Cl2FN2O2. The fraction of sp³-hybridized carbons (Fsp3) is 0.222. The third kappa shape index (κ3) is 5.73. The van der Waals surface area contributed by atoms with Gasteiger partial charge in [0.2, 0.25) is 11.8 Å². The fourth-order valence-corrected chi connectivity index (χ4v) is 2.64. The first-order chi connectivity index (χ1) is 11.9. The van der Waals surface area contributed by atoms with Crippen LogP contribution in [-0.4, -0.2) is 24.9 Å². The highest BCUT2D eigenvalue weighted by atomic mass is 35.5. The van der Waals surface area contributed by atoms with Crippen molar-refractivity contribution in [2.45, 2.75) is 13.3 Å². The molecule has 0 atom stereocenters. The molecule has 4 nitrogen and oxygen atoms in total. The summed E-state index contributed by atoms with van der Waals surface area (Å²) in [6, 6.07) is 10.8. The molecule has 2 aromatic rings. The Bertz CT molecular complexity index is 766. The molecule has 1 N–H and O–H groups in total. The van der Waals surface area contributed by atoms with Crippen molar-refractivity contribution >= 4 is 40.7 Å². The van der Waals surface area contributed by atoms with Crippen LogP contribution in [0.4, 0.5) is 10.1 Å². The molecule has 25 heavy (non-hydrogen) atoms. The summed E-state index contributed by atoms with van der Waals surface area (Å²) in [6.07, 6.45) is 0.560. The lowest BCUT2D eigenvalue weighted by atomic mass is 10.1. The molecule has 0 radical (unpaired) electrons. The first kappa shape index (κ1) is 19.2. The number of rotatable bonds is 6. The summed E-state index contributed by atoms with van der Waals surface area (Å²) in [6.45, 7) is 1.56. The molecule has 132 valence electrons. The summed E-state index contributed by atoms with van der Waals surface area (Å²) in [5, 5.41) is 3.48. The van der Waals surface area contributed by atoms with Crippen molar-refractivity contribution < 1.29 is 14.0 Å². The summed E-state index contributed by atoms with van der Waals surface area (Å²) in [5.41, 5.74) is 1.29. The molecule has 0 fully saturated rings. The third-order valence-corrected chi connectivity index (χ3v) is 4.08. The number of carbonyl (C=O) groups excluding carboxylic acids is 2. The number of halogens is 3. The summed E-state index contributed by atoms with van der Waals surface area (Å²) in [5.74, 6) is -0.950. The molecule has 0 aromatic heterocycles. The second-order valence-electron chi connectivity index (χ2n) is 5.43. The van der Waals surface area contributed by atoms with Gasteiger partial charge in [-0.1, -0.05) is 35.3 Å². The van der Waals surface area contributed by atoms with Gasteiger partial charge in [-0.15, -0.1) is 0 Å². The molecule has 0 spiro atoms. The van der Waals surface area contributed by atoms with Gasteiger partial charge in [-0.2, -0.15) is 0 Å². The second-order valence-corrected chi connectivity index (χ2v) is 6.27. The van der Waals surface area contributed by atoms with E-state index in [0.29, 0.717) is 28.7 Å². The summed E-state index contributed by atoms with van der Waals surface area (Å²) >= 11 is 12.0. The Morgan fingerprint density at radius 1 is 1.12 bits per heavy atom. The van der Waals surface area contributed by atoms with Gasteiger partial charge in [0.25, 0.3) is 0 Å². The minimum absolute atomic E-state index is 0.168. The normalized spacial score (nSPS) is 10.4. The molecule has 2 rings (SSSR count). The molecule has 2 aromatic carbocycles. The van der Waals surface area contributed by atoms with Crippen LogP contribution in [0.3, 0.4) is 0 Å². The maximum absolute atomic E-state index is 12.9. The number of benzene rings is 2. The van der Waals surface area contributed by atoms with E-state index in [2.05, 4.69) is 5.32 Å². The molecule has 0 aliphatic carbocycles. The molecule has 2 amide bonds.